The van der Waals surface area contributed by atoms with Crippen molar-refractivity contribution in [1.82, 2.24) is 5.32 Å². The number of carbonyl (C=O) groups is 2. The molecule has 0 atom stereocenters. The highest BCUT2D eigenvalue weighted by Gasteiger charge is 2.23. The second kappa shape index (κ2) is 8.24. The summed E-state index contributed by atoms with van der Waals surface area (Å²) in [5, 5.41) is 2.39. The number of ether oxygens (including phenoxy) is 2. The highest BCUT2D eigenvalue weighted by atomic mass is 31.2. The van der Waals surface area contributed by atoms with Gasteiger partial charge in [0.25, 0.3) is 0 Å². The zero-order chi connectivity index (χ0) is 14.2. The fourth-order valence-electron chi connectivity index (χ4n) is 0.815. The molecule has 0 heterocycles. The molecule has 0 aromatic rings. The molecule has 0 aromatic carbocycles. The molecule has 0 aromatic heterocycles. The van der Waals surface area contributed by atoms with Crippen LogP contribution < -0.4 is 5.32 Å². The predicted octanol–water partition coefficient (Wildman–Crippen LogP) is 0.946. The third-order valence-corrected chi connectivity index (χ3v) is 2.51. The Kier molecular flexibility index (Phi) is 7.82. The van der Waals surface area contributed by atoms with Gasteiger partial charge in [-0.05, 0) is 27.2 Å². The molecule has 7 nitrogen and oxygen atoms in total. The van der Waals surface area contributed by atoms with Crippen LogP contribution in [0.1, 0.15) is 27.2 Å². The van der Waals surface area contributed by atoms with Gasteiger partial charge in [-0.3, -0.25) is 4.79 Å². The minimum atomic E-state index is -1.93. The van der Waals surface area contributed by atoms with Crippen LogP contribution in [0.15, 0.2) is 0 Å². The van der Waals surface area contributed by atoms with Crippen LogP contribution in [0.25, 0.3) is 0 Å². The number of hydrogen-bond donors (Lipinski definition) is 3. The smallest absolute Gasteiger partial charge is 0.410 e. The molecule has 0 aliphatic rings. The molecule has 0 saturated carbocycles. The molecule has 0 spiro atoms. The molecule has 1 amide bonds. The Labute approximate surface area is 107 Å². The van der Waals surface area contributed by atoms with E-state index in [4.69, 9.17) is 14.5 Å². The van der Waals surface area contributed by atoms with Crippen LogP contribution in [0.2, 0.25) is 0 Å². The first-order valence-corrected chi connectivity index (χ1v) is 6.90. The summed E-state index contributed by atoms with van der Waals surface area (Å²) in [5.41, 5.74) is -0.640. The van der Waals surface area contributed by atoms with Crippen LogP contribution in [-0.2, 0) is 14.3 Å². The second-order valence-electron chi connectivity index (χ2n) is 4.61. The van der Waals surface area contributed by atoms with E-state index in [1.807, 2.05) is 0 Å². The number of carbonyl (C=O) groups excluding carboxylic acids is 2. The Morgan fingerprint density at radius 1 is 1.22 bits per heavy atom. The van der Waals surface area contributed by atoms with Crippen molar-refractivity contribution in [1.29, 1.82) is 0 Å². The minimum Gasteiger partial charge on any atom is -0.427 e. The second-order valence-corrected chi connectivity index (χ2v) is 5.80. The number of hydrogen-bond acceptors (Lipinski definition) is 6. The Balaban J connectivity index is 3.57. The summed E-state index contributed by atoms with van der Waals surface area (Å²) in [7, 11) is -1.93. The largest absolute Gasteiger partial charge is 0.427 e. The van der Waals surface area contributed by atoms with Gasteiger partial charge in [0.15, 0.2) is 8.38 Å². The monoisotopic (exact) mass is 281 g/mol. The van der Waals surface area contributed by atoms with Crippen molar-refractivity contribution in [2.75, 3.05) is 19.5 Å². The van der Waals surface area contributed by atoms with E-state index < -0.39 is 32.6 Å². The summed E-state index contributed by atoms with van der Waals surface area (Å²) in [6.45, 7) is 4.91. The van der Waals surface area contributed by atoms with Crippen molar-refractivity contribution in [3.05, 3.63) is 0 Å². The number of alkyl carbamates (subject to hydrolysis) is 1. The SMILES string of the molecule is CC(C)(C)C(=O)OCOC(=O)NCCCP(O)O. The molecule has 0 radical (unpaired) electrons. The van der Waals surface area contributed by atoms with Gasteiger partial charge in [-0.25, -0.2) is 4.79 Å². The highest BCUT2D eigenvalue weighted by Crippen LogP contribution is 2.22. The number of nitrogens with one attached hydrogen (secondary N) is 1. The van der Waals surface area contributed by atoms with Crippen LogP contribution in [0, 0.1) is 5.41 Å². The lowest BCUT2D eigenvalue weighted by atomic mass is 9.98. The molecule has 0 unspecified atom stereocenters. The topological polar surface area (TPSA) is 105 Å². The summed E-state index contributed by atoms with van der Waals surface area (Å²) in [6.07, 6.45) is -0.0403. The standard InChI is InChI=1S/C10H20NO6P/c1-10(2,3)8(12)16-7-17-9(13)11-5-4-6-18(14)15/h14-15H,4-7H2,1-3H3,(H,11,13). The lowest BCUT2D eigenvalue weighted by Gasteiger charge is -2.16. The maximum atomic E-state index is 11.3. The van der Waals surface area contributed by atoms with E-state index in [0.29, 0.717) is 6.42 Å². The molecule has 0 bridgehead atoms. The molecule has 0 fully saturated rings. The first-order valence-electron chi connectivity index (χ1n) is 5.46. The van der Waals surface area contributed by atoms with Gasteiger partial charge in [0.1, 0.15) is 0 Å². The van der Waals surface area contributed by atoms with Crippen LogP contribution in [0.5, 0.6) is 0 Å². The summed E-state index contributed by atoms with van der Waals surface area (Å²) in [5.74, 6) is -0.457. The van der Waals surface area contributed by atoms with E-state index in [1.165, 1.54) is 0 Å². The van der Waals surface area contributed by atoms with Crippen LogP contribution in [0.4, 0.5) is 4.79 Å². The highest BCUT2D eigenvalue weighted by molar-refractivity contribution is 7.45. The van der Waals surface area contributed by atoms with Crippen molar-refractivity contribution >= 4 is 20.4 Å². The Morgan fingerprint density at radius 2 is 1.83 bits per heavy atom. The van der Waals surface area contributed by atoms with E-state index in [-0.39, 0.29) is 12.7 Å². The fourth-order valence-corrected chi connectivity index (χ4v) is 1.26. The van der Waals surface area contributed by atoms with Gasteiger partial charge < -0.3 is 24.6 Å². The lowest BCUT2D eigenvalue weighted by molar-refractivity contribution is -0.161. The lowest BCUT2D eigenvalue weighted by Crippen LogP contribution is -2.29. The van der Waals surface area contributed by atoms with Crippen molar-refractivity contribution in [3.8, 4) is 0 Å². The van der Waals surface area contributed by atoms with Crippen LogP contribution in [-0.4, -0.2) is 41.3 Å². The van der Waals surface area contributed by atoms with Crippen molar-refractivity contribution in [2.24, 2.45) is 5.41 Å². The molecule has 0 rings (SSSR count). The summed E-state index contributed by atoms with van der Waals surface area (Å²) < 4.78 is 9.32. The summed E-state index contributed by atoms with van der Waals surface area (Å²) in [6, 6.07) is 0. The van der Waals surface area contributed by atoms with Crippen LogP contribution in [0.3, 0.4) is 0 Å². The molecule has 18 heavy (non-hydrogen) atoms. The number of esters is 1. The van der Waals surface area contributed by atoms with E-state index in [1.54, 1.807) is 20.8 Å². The van der Waals surface area contributed by atoms with E-state index in [2.05, 4.69) is 10.1 Å². The molecule has 3 N–H and O–H groups in total. The molecular weight excluding hydrogens is 261 g/mol. The van der Waals surface area contributed by atoms with Gasteiger partial charge in [0.2, 0.25) is 6.79 Å². The van der Waals surface area contributed by atoms with Gasteiger partial charge >= 0.3 is 12.1 Å². The third-order valence-electron chi connectivity index (χ3n) is 1.80. The molecule has 106 valence electrons. The fraction of sp³-hybridized carbons (Fsp3) is 0.800. The van der Waals surface area contributed by atoms with Gasteiger partial charge in [-0.2, -0.15) is 0 Å². The predicted molar refractivity (Wildman–Crippen MR) is 65.7 cm³/mol. The van der Waals surface area contributed by atoms with E-state index in [9.17, 15) is 9.59 Å². The van der Waals surface area contributed by atoms with E-state index in [0.717, 1.165) is 0 Å². The average molecular weight is 281 g/mol. The maximum Gasteiger partial charge on any atom is 0.410 e. The molecule has 0 aliphatic heterocycles. The normalized spacial score (nSPS) is 11.2. The molecular formula is C10H20NO6P. The first-order chi connectivity index (χ1) is 8.23. The first kappa shape index (κ1) is 17.1. The zero-order valence-electron chi connectivity index (χ0n) is 10.8. The van der Waals surface area contributed by atoms with Crippen molar-refractivity contribution in [3.63, 3.8) is 0 Å². The summed E-state index contributed by atoms with van der Waals surface area (Å²) >= 11 is 0. The number of rotatable bonds is 6. The van der Waals surface area contributed by atoms with Gasteiger partial charge in [-0.15, -0.1) is 0 Å². The third kappa shape index (κ3) is 9.15. The minimum absolute atomic E-state index is 0.231. The molecule has 8 heteroatoms. The van der Waals surface area contributed by atoms with Gasteiger partial charge in [0.05, 0.1) is 5.41 Å². The number of amides is 1. The van der Waals surface area contributed by atoms with Crippen molar-refractivity contribution < 1.29 is 28.8 Å². The van der Waals surface area contributed by atoms with Gasteiger partial charge in [-0.1, -0.05) is 0 Å². The molecule has 0 saturated heterocycles. The zero-order valence-corrected chi connectivity index (χ0v) is 11.7. The Hall–Kier alpha value is -0.910. The summed E-state index contributed by atoms with van der Waals surface area (Å²) in [4.78, 5) is 39.6. The maximum absolute atomic E-state index is 11.3. The quantitative estimate of drug-likeness (QED) is 0.290. The van der Waals surface area contributed by atoms with Crippen molar-refractivity contribution in [2.45, 2.75) is 27.2 Å². The average Bonchev–Trinajstić information content (AvgIpc) is 2.22. The van der Waals surface area contributed by atoms with Gasteiger partial charge in [0, 0.05) is 12.7 Å². The van der Waals surface area contributed by atoms with E-state index >= 15 is 0 Å². The molecule has 0 aliphatic carbocycles. The van der Waals surface area contributed by atoms with Crippen LogP contribution >= 0.6 is 8.38 Å². The Bertz CT molecular complexity index is 276. The Morgan fingerprint density at radius 3 is 2.33 bits per heavy atom.